The van der Waals surface area contributed by atoms with E-state index in [-0.39, 0.29) is 18.6 Å². The summed E-state index contributed by atoms with van der Waals surface area (Å²) in [5.41, 5.74) is 1.09. The number of ether oxygens (including phenoxy) is 2. The molecule has 1 N–H and O–H groups in total. The third-order valence-electron chi connectivity index (χ3n) is 3.49. The maximum absolute atomic E-state index is 12.2. The van der Waals surface area contributed by atoms with E-state index in [2.05, 4.69) is 5.32 Å². The highest BCUT2D eigenvalue weighted by molar-refractivity contribution is 5.78. The van der Waals surface area contributed by atoms with Crippen LogP contribution in [0.3, 0.4) is 0 Å². The van der Waals surface area contributed by atoms with Gasteiger partial charge in [-0.2, -0.15) is 0 Å². The van der Waals surface area contributed by atoms with E-state index in [1.165, 1.54) is 0 Å². The van der Waals surface area contributed by atoms with E-state index in [1.807, 2.05) is 36.9 Å². The van der Waals surface area contributed by atoms with Crippen molar-refractivity contribution in [2.45, 2.75) is 19.9 Å². The number of nitrogens with zero attached hydrogens (tertiary/aromatic N) is 1. The standard InChI is InChI=1S/C15H22N2O3/c1-11-4-5-13(14(8-11)19-3)20-10-15(18)17-7-6-16-9-12(17)2/h4-5,8,12,16H,6-7,9-10H2,1-3H3/t12-/m0/s1. The van der Waals surface area contributed by atoms with E-state index in [1.54, 1.807) is 7.11 Å². The molecule has 0 aliphatic carbocycles. The number of amides is 1. The molecule has 1 aromatic rings. The van der Waals surface area contributed by atoms with E-state index < -0.39 is 0 Å². The van der Waals surface area contributed by atoms with Crippen molar-refractivity contribution in [3.8, 4) is 11.5 Å². The summed E-state index contributed by atoms with van der Waals surface area (Å²) in [7, 11) is 1.60. The van der Waals surface area contributed by atoms with Crippen molar-refractivity contribution in [1.82, 2.24) is 10.2 Å². The lowest BCUT2D eigenvalue weighted by molar-refractivity contribution is -0.136. The highest BCUT2D eigenvalue weighted by atomic mass is 16.5. The van der Waals surface area contributed by atoms with Crippen LogP contribution in [0.15, 0.2) is 18.2 Å². The van der Waals surface area contributed by atoms with Gasteiger partial charge in [-0.15, -0.1) is 0 Å². The van der Waals surface area contributed by atoms with E-state index in [0.29, 0.717) is 11.5 Å². The van der Waals surface area contributed by atoms with Crippen molar-refractivity contribution in [2.24, 2.45) is 0 Å². The Hall–Kier alpha value is -1.75. The molecule has 2 rings (SSSR count). The second-order valence-electron chi connectivity index (χ2n) is 5.08. The number of aryl methyl sites for hydroxylation is 1. The Balaban J connectivity index is 1.96. The van der Waals surface area contributed by atoms with Crippen molar-refractivity contribution in [3.63, 3.8) is 0 Å². The summed E-state index contributed by atoms with van der Waals surface area (Å²) < 4.78 is 10.9. The van der Waals surface area contributed by atoms with Crippen LogP contribution in [-0.4, -0.2) is 50.2 Å². The molecule has 1 amide bonds. The van der Waals surface area contributed by atoms with Gasteiger partial charge < -0.3 is 19.7 Å². The molecule has 20 heavy (non-hydrogen) atoms. The fourth-order valence-electron chi connectivity index (χ4n) is 2.33. The predicted molar refractivity (Wildman–Crippen MR) is 77.3 cm³/mol. The molecule has 0 spiro atoms. The zero-order valence-corrected chi connectivity index (χ0v) is 12.3. The molecule has 0 unspecified atom stereocenters. The van der Waals surface area contributed by atoms with Crippen LogP contribution < -0.4 is 14.8 Å². The minimum Gasteiger partial charge on any atom is -0.493 e. The fraction of sp³-hybridized carbons (Fsp3) is 0.533. The quantitative estimate of drug-likeness (QED) is 0.899. The third-order valence-corrected chi connectivity index (χ3v) is 3.49. The highest BCUT2D eigenvalue weighted by Gasteiger charge is 2.23. The second kappa shape index (κ2) is 6.61. The molecule has 1 aromatic carbocycles. The zero-order valence-electron chi connectivity index (χ0n) is 12.3. The largest absolute Gasteiger partial charge is 0.493 e. The van der Waals surface area contributed by atoms with Gasteiger partial charge in [0.25, 0.3) is 5.91 Å². The average molecular weight is 278 g/mol. The highest BCUT2D eigenvalue weighted by Crippen LogP contribution is 2.27. The number of piperazine rings is 1. The van der Waals surface area contributed by atoms with Crippen LogP contribution >= 0.6 is 0 Å². The summed E-state index contributed by atoms with van der Waals surface area (Å²) in [6.45, 7) is 6.47. The lowest BCUT2D eigenvalue weighted by Crippen LogP contribution is -2.53. The van der Waals surface area contributed by atoms with Gasteiger partial charge in [-0.1, -0.05) is 6.07 Å². The minimum absolute atomic E-state index is 0.0154. The summed E-state index contributed by atoms with van der Waals surface area (Å²) in [4.78, 5) is 14.0. The molecule has 0 radical (unpaired) electrons. The van der Waals surface area contributed by atoms with Crippen molar-refractivity contribution < 1.29 is 14.3 Å². The van der Waals surface area contributed by atoms with Crippen LogP contribution in [0.1, 0.15) is 12.5 Å². The lowest BCUT2D eigenvalue weighted by Gasteiger charge is -2.33. The second-order valence-corrected chi connectivity index (χ2v) is 5.08. The number of methoxy groups -OCH3 is 1. The van der Waals surface area contributed by atoms with Gasteiger partial charge in [0.05, 0.1) is 7.11 Å². The molecule has 0 bridgehead atoms. The first-order chi connectivity index (χ1) is 9.61. The van der Waals surface area contributed by atoms with E-state index >= 15 is 0 Å². The first-order valence-electron chi connectivity index (χ1n) is 6.89. The van der Waals surface area contributed by atoms with Crippen molar-refractivity contribution in [2.75, 3.05) is 33.4 Å². The summed E-state index contributed by atoms with van der Waals surface area (Å²) in [5, 5.41) is 3.26. The SMILES string of the molecule is COc1cc(C)ccc1OCC(=O)N1CCNC[C@@H]1C. The van der Waals surface area contributed by atoms with Crippen LogP contribution in [0.25, 0.3) is 0 Å². The van der Waals surface area contributed by atoms with Crippen molar-refractivity contribution >= 4 is 5.91 Å². The molecule has 5 nitrogen and oxygen atoms in total. The number of hydrogen-bond donors (Lipinski definition) is 1. The van der Waals surface area contributed by atoms with Gasteiger partial charge in [0, 0.05) is 25.7 Å². The lowest BCUT2D eigenvalue weighted by atomic mass is 10.2. The fourth-order valence-corrected chi connectivity index (χ4v) is 2.33. The van der Waals surface area contributed by atoms with Gasteiger partial charge in [0.15, 0.2) is 18.1 Å². The summed E-state index contributed by atoms with van der Waals surface area (Å²) in [5.74, 6) is 1.28. The van der Waals surface area contributed by atoms with E-state index in [0.717, 1.165) is 25.2 Å². The first kappa shape index (κ1) is 14.7. The summed E-state index contributed by atoms with van der Waals surface area (Å²) >= 11 is 0. The van der Waals surface area contributed by atoms with Crippen molar-refractivity contribution in [3.05, 3.63) is 23.8 Å². The number of benzene rings is 1. The number of carbonyl (C=O) groups excluding carboxylic acids is 1. The molecule has 5 heteroatoms. The summed E-state index contributed by atoms with van der Waals surface area (Å²) in [6.07, 6.45) is 0. The van der Waals surface area contributed by atoms with Gasteiger partial charge >= 0.3 is 0 Å². The van der Waals surface area contributed by atoms with Gasteiger partial charge in [-0.25, -0.2) is 0 Å². The van der Waals surface area contributed by atoms with Gasteiger partial charge in [-0.3, -0.25) is 4.79 Å². The zero-order chi connectivity index (χ0) is 14.5. The first-order valence-corrected chi connectivity index (χ1v) is 6.89. The molecule has 0 aromatic heterocycles. The predicted octanol–water partition coefficient (Wildman–Crippen LogP) is 1.20. The van der Waals surface area contributed by atoms with Crippen molar-refractivity contribution in [1.29, 1.82) is 0 Å². The average Bonchev–Trinajstić information content (AvgIpc) is 2.46. The Kier molecular flexibility index (Phi) is 4.84. The Labute approximate surface area is 119 Å². The van der Waals surface area contributed by atoms with E-state index in [9.17, 15) is 4.79 Å². The smallest absolute Gasteiger partial charge is 0.260 e. The molecule has 1 fully saturated rings. The molecule has 1 atom stereocenters. The van der Waals surface area contributed by atoms with Crippen LogP contribution in [0.2, 0.25) is 0 Å². The Bertz CT molecular complexity index is 476. The van der Waals surface area contributed by atoms with Gasteiger partial charge in [0.1, 0.15) is 0 Å². The normalized spacial score (nSPS) is 18.8. The Morgan fingerprint density at radius 3 is 2.95 bits per heavy atom. The summed E-state index contributed by atoms with van der Waals surface area (Å²) in [6, 6.07) is 5.88. The molecule has 110 valence electrons. The third kappa shape index (κ3) is 3.42. The molecule has 0 saturated carbocycles. The maximum Gasteiger partial charge on any atom is 0.260 e. The molecule has 1 heterocycles. The van der Waals surface area contributed by atoms with Gasteiger partial charge in [0.2, 0.25) is 0 Å². The Morgan fingerprint density at radius 2 is 2.25 bits per heavy atom. The number of carbonyl (C=O) groups is 1. The van der Waals surface area contributed by atoms with Crippen LogP contribution in [0.5, 0.6) is 11.5 Å². The molecule has 1 aliphatic rings. The van der Waals surface area contributed by atoms with Gasteiger partial charge in [-0.05, 0) is 31.5 Å². The molecule has 1 saturated heterocycles. The topological polar surface area (TPSA) is 50.8 Å². The molecule has 1 aliphatic heterocycles. The van der Waals surface area contributed by atoms with Crippen LogP contribution in [0, 0.1) is 6.92 Å². The van der Waals surface area contributed by atoms with Crippen LogP contribution in [0.4, 0.5) is 0 Å². The molecular formula is C15H22N2O3. The minimum atomic E-state index is 0.0154. The maximum atomic E-state index is 12.2. The Morgan fingerprint density at radius 1 is 1.45 bits per heavy atom. The number of nitrogens with one attached hydrogen (secondary N) is 1. The van der Waals surface area contributed by atoms with Crippen LogP contribution in [-0.2, 0) is 4.79 Å². The molecular weight excluding hydrogens is 256 g/mol. The number of rotatable bonds is 4. The monoisotopic (exact) mass is 278 g/mol. The van der Waals surface area contributed by atoms with E-state index in [4.69, 9.17) is 9.47 Å². The number of hydrogen-bond acceptors (Lipinski definition) is 4.